The second kappa shape index (κ2) is 5.44. The Bertz CT molecular complexity index is 487. The molecule has 1 saturated heterocycles. The number of nitrogens with one attached hydrogen (secondary N) is 1. The number of hydrogen-bond acceptors (Lipinski definition) is 4. The van der Waals surface area contributed by atoms with E-state index in [9.17, 15) is 9.18 Å². The van der Waals surface area contributed by atoms with Crippen LogP contribution in [0.3, 0.4) is 0 Å². The first-order valence-electron chi connectivity index (χ1n) is 6.19. The fourth-order valence-corrected chi connectivity index (χ4v) is 2.22. The molecule has 0 saturated carbocycles. The summed E-state index contributed by atoms with van der Waals surface area (Å²) in [6, 6.07) is 2.15. The average Bonchev–Trinajstić information content (AvgIpc) is 2.85. The highest BCUT2D eigenvalue weighted by atomic mass is 19.1. The van der Waals surface area contributed by atoms with Gasteiger partial charge in [-0.1, -0.05) is 0 Å². The first-order valence-corrected chi connectivity index (χ1v) is 6.19. The van der Waals surface area contributed by atoms with Crippen molar-refractivity contribution in [1.82, 2.24) is 0 Å². The van der Waals surface area contributed by atoms with Crippen LogP contribution in [0.5, 0.6) is 0 Å². The van der Waals surface area contributed by atoms with Gasteiger partial charge in [0.05, 0.1) is 17.4 Å². The van der Waals surface area contributed by atoms with E-state index in [1.807, 2.05) is 6.92 Å². The number of anilines is 2. The number of ether oxygens (including phenoxy) is 1. The van der Waals surface area contributed by atoms with Crippen LogP contribution in [-0.4, -0.2) is 29.8 Å². The zero-order chi connectivity index (χ0) is 14.0. The van der Waals surface area contributed by atoms with Crippen LogP contribution >= 0.6 is 0 Å². The third kappa shape index (κ3) is 2.96. The summed E-state index contributed by atoms with van der Waals surface area (Å²) in [6.45, 7) is 2.59. The number of halogens is 1. The van der Waals surface area contributed by atoms with Crippen molar-refractivity contribution in [1.29, 1.82) is 0 Å². The van der Waals surface area contributed by atoms with Gasteiger partial charge in [0.15, 0.2) is 0 Å². The van der Waals surface area contributed by atoms with Crippen LogP contribution in [0.4, 0.5) is 15.8 Å². The van der Waals surface area contributed by atoms with E-state index in [0.717, 1.165) is 18.9 Å². The summed E-state index contributed by atoms with van der Waals surface area (Å²) in [6.07, 6.45) is 1.92. The maximum Gasteiger partial charge on any atom is 0.337 e. The summed E-state index contributed by atoms with van der Waals surface area (Å²) >= 11 is 0. The lowest BCUT2D eigenvalue weighted by Crippen LogP contribution is -2.30. The van der Waals surface area contributed by atoms with E-state index in [1.165, 1.54) is 6.07 Å². The molecule has 1 heterocycles. The van der Waals surface area contributed by atoms with E-state index in [-0.39, 0.29) is 29.1 Å². The maximum absolute atomic E-state index is 13.8. The van der Waals surface area contributed by atoms with Crippen molar-refractivity contribution in [3.8, 4) is 0 Å². The Morgan fingerprint density at radius 1 is 1.63 bits per heavy atom. The second-order valence-electron chi connectivity index (χ2n) is 4.71. The molecule has 5 nitrogen and oxygen atoms in total. The van der Waals surface area contributed by atoms with Gasteiger partial charge in [-0.3, -0.25) is 0 Å². The van der Waals surface area contributed by atoms with Crippen molar-refractivity contribution in [3.05, 3.63) is 23.5 Å². The molecule has 1 aromatic carbocycles. The third-order valence-electron chi connectivity index (χ3n) is 3.28. The van der Waals surface area contributed by atoms with Crippen molar-refractivity contribution in [3.63, 3.8) is 0 Å². The first kappa shape index (κ1) is 13.6. The van der Waals surface area contributed by atoms with E-state index < -0.39 is 11.8 Å². The Hall–Kier alpha value is -1.82. The number of rotatable bonds is 4. The summed E-state index contributed by atoms with van der Waals surface area (Å²) in [5, 5.41) is 11.9. The Kier molecular flexibility index (Phi) is 3.90. The monoisotopic (exact) mass is 268 g/mol. The Morgan fingerprint density at radius 2 is 2.37 bits per heavy atom. The van der Waals surface area contributed by atoms with Gasteiger partial charge in [-0.15, -0.1) is 0 Å². The average molecular weight is 268 g/mol. The number of nitrogen functional groups attached to an aromatic ring is 1. The minimum atomic E-state index is -1.18. The van der Waals surface area contributed by atoms with Gasteiger partial charge < -0.3 is 20.9 Å². The van der Waals surface area contributed by atoms with Crippen molar-refractivity contribution in [2.75, 3.05) is 17.7 Å². The molecule has 1 aliphatic rings. The molecule has 1 fully saturated rings. The van der Waals surface area contributed by atoms with Crippen molar-refractivity contribution in [2.24, 2.45) is 0 Å². The number of carboxylic acid groups (broad SMARTS) is 1. The molecule has 6 heteroatoms. The molecule has 0 radical (unpaired) electrons. The lowest BCUT2D eigenvalue weighted by Gasteiger charge is -2.22. The highest BCUT2D eigenvalue weighted by Crippen LogP contribution is 2.25. The molecular weight excluding hydrogens is 251 g/mol. The Labute approximate surface area is 110 Å². The van der Waals surface area contributed by atoms with Gasteiger partial charge in [-0.25, -0.2) is 9.18 Å². The van der Waals surface area contributed by atoms with Gasteiger partial charge >= 0.3 is 5.97 Å². The maximum atomic E-state index is 13.8. The van der Waals surface area contributed by atoms with Crippen LogP contribution in [0.25, 0.3) is 0 Å². The van der Waals surface area contributed by atoms with E-state index in [1.54, 1.807) is 0 Å². The zero-order valence-corrected chi connectivity index (χ0v) is 10.6. The molecule has 104 valence electrons. The van der Waals surface area contributed by atoms with Gasteiger partial charge in [-0.05, 0) is 31.9 Å². The lowest BCUT2D eigenvalue weighted by molar-refractivity contribution is 0.0698. The predicted octanol–water partition coefficient (Wildman–Crippen LogP) is 2.09. The first-order chi connectivity index (χ1) is 8.99. The molecule has 4 N–H and O–H groups in total. The van der Waals surface area contributed by atoms with Crippen LogP contribution in [0, 0.1) is 5.82 Å². The fourth-order valence-electron chi connectivity index (χ4n) is 2.22. The fraction of sp³-hybridized carbons (Fsp3) is 0.462. The summed E-state index contributed by atoms with van der Waals surface area (Å²) in [7, 11) is 0. The van der Waals surface area contributed by atoms with Crippen molar-refractivity contribution >= 4 is 17.3 Å². The summed E-state index contributed by atoms with van der Waals surface area (Å²) < 4.78 is 19.3. The van der Waals surface area contributed by atoms with Crippen molar-refractivity contribution in [2.45, 2.75) is 31.9 Å². The summed E-state index contributed by atoms with van der Waals surface area (Å²) in [5.41, 5.74) is 5.41. The van der Waals surface area contributed by atoms with E-state index in [0.29, 0.717) is 6.61 Å². The Balaban J connectivity index is 2.19. The second-order valence-corrected chi connectivity index (χ2v) is 4.71. The minimum Gasteiger partial charge on any atom is -0.478 e. The molecule has 0 amide bonds. The molecule has 0 aliphatic carbocycles. The van der Waals surface area contributed by atoms with Gasteiger partial charge in [0.2, 0.25) is 0 Å². The van der Waals surface area contributed by atoms with Gasteiger partial charge in [0.1, 0.15) is 5.82 Å². The Morgan fingerprint density at radius 3 is 2.95 bits per heavy atom. The van der Waals surface area contributed by atoms with Crippen LogP contribution in [0.2, 0.25) is 0 Å². The predicted molar refractivity (Wildman–Crippen MR) is 69.8 cm³/mol. The van der Waals surface area contributed by atoms with Gasteiger partial charge in [-0.2, -0.15) is 0 Å². The van der Waals surface area contributed by atoms with Crippen molar-refractivity contribution < 1.29 is 19.0 Å². The lowest BCUT2D eigenvalue weighted by atomic mass is 10.1. The number of aromatic carboxylic acids is 1. The molecule has 1 aromatic rings. The molecule has 2 unspecified atom stereocenters. The van der Waals surface area contributed by atoms with Crippen LogP contribution in [0.15, 0.2) is 12.1 Å². The van der Waals surface area contributed by atoms with Crippen LogP contribution in [-0.2, 0) is 4.74 Å². The number of benzene rings is 1. The number of nitrogens with two attached hydrogens (primary N) is 1. The summed E-state index contributed by atoms with van der Waals surface area (Å²) in [4.78, 5) is 11.0. The smallest absolute Gasteiger partial charge is 0.337 e. The SMILES string of the molecule is CC(Nc1cc(C(=O)O)c(N)cc1F)C1CCCO1. The van der Waals surface area contributed by atoms with Gasteiger partial charge in [0, 0.05) is 18.3 Å². The molecule has 2 atom stereocenters. The standard InChI is InChI=1S/C13H17FN2O3/c1-7(12-3-2-4-19-12)16-11-5-8(13(17)18)10(15)6-9(11)14/h5-7,12,16H,2-4,15H2,1H3,(H,17,18). The van der Waals surface area contributed by atoms with Crippen LogP contribution < -0.4 is 11.1 Å². The van der Waals surface area contributed by atoms with Crippen LogP contribution in [0.1, 0.15) is 30.1 Å². The molecule has 0 aromatic heterocycles. The number of carbonyl (C=O) groups is 1. The zero-order valence-electron chi connectivity index (χ0n) is 10.6. The highest BCUT2D eigenvalue weighted by molar-refractivity contribution is 5.94. The van der Waals surface area contributed by atoms with Gasteiger partial charge in [0.25, 0.3) is 0 Å². The quantitative estimate of drug-likeness (QED) is 0.728. The van der Waals surface area contributed by atoms with E-state index in [4.69, 9.17) is 15.6 Å². The number of hydrogen-bond donors (Lipinski definition) is 3. The molecule has 19 heavy (non-hydrogen) atoms. The molecule has 2 rings (SSSR count). The largest absolute Gasteiger partial charge is 0.478 e. The minimum absolute atomic E-state index is 0.0187. The molecular formula is C13H17FN2O3. The topological polar surface area (TPSA) is 84.6 Å². The summed E-state index contributed by atoms with van der Waals surface area (Å²) in [5.74, 6) is -1.74. The van der Waals surface area contributed by atoms with E-state index in [2.05, 4.69) is 5.32 Å². The molecule has 0 spiro atoms. The van der Waals surface area contributed by atoms with E-state index >= 15 is 0 Å². The molecule has 1 aliphatic heterocycles. The third-order valence-corrected chi connectivity index (χ3v) is 3.28. The molecule has 0 bridgehead atoms. The highest BCUT2D eigenvalue weighted by Gasteiger charge is 2.23. The number of carboxylic acids is 1. The normalized spacial score (nSPS) is 20.2.